The number of aryl methyl sites for hydroxylation is 2. The van der Waals surface area contributed by atoms with Crippen LogP contribution in [0.1, 0.15) is 5.56 Å². The summed E-state index contributed by atoms with van der Waals surface area (Å²) in [6.07, 6.45) is 0. The van der Waals surface area contributed by atoms with Gasteiger partial charge in [0.05, 0.1) is 11.0 Å². The Morgan fingerprint density at radius 2 is 1.96 bits per heavy atom. The van der Waals surface area contributed by atoms with Crippen LogP contribution in [0.25, 0.3) is 21.1 Å². The molecule has 0 saturated carbocycles. The van der Waals surface area contributed by atoms with Crippen LogP contribution in [0.4, 0.5) is 5.00 Å². The highest BCUT2D eigenvalue weighted by atomic mass is 35.5. The van der Waals surface area contributed by atoms with Gasteiger partial charge in [-0.3, -0.25) is 4.72 Å². The normalized spacial score (nSPS) is 12.1. The van der Waals surface area contributed by atoms with Crippen molar-refractivity contribution in [2.45, 2.75) is 12.1 Å². The van der Waals surface area contributed by atoms with Crippen molar-refractivity contribution in [2.24, 2.45) is 7.05 Å². The van der Waals surface area contributed by atoms with Crippen molar-refractivity contribution < 1.29 is 8.42 Å². The third kappa shape index (κ3) is 2.68. The maximum atomic E-state index is 12.9. The van der Waals surface area contributed by atoms with E-state index in [1.54, 1.807) is 29.8 Å². The van der Waals surface area contributed by atoms with Gasteiger partial charge in [0.15, 0.2) is 0 Å². The third-order valence-corrected chi connectivity index (χ3v) is 6.98. The fourth-order valence-electron chi connectivity index (χ4n) is 2.83. The van der Waals surface area contributed by atoms with Crippen molar-refractivity contribution in [2.75, 3.05) is 4.72 Å². The minimum Gasteiger partial charge on any atom is -0.316 e. The summed E-state index contributed by atoms with van der Waals surface area (Å²) in [7, 11) is -2.14. The first kappa shape index (κ1) is 16.4. The molecule has 0 bridgehead atoms. The standard InChI is InChI=1S/C17H14ClN3O2S2/c1-10-12-5-3-4-6-15(12)24-16(10)20-25(22,23)17-19-13-9-11(18)7-8-14(13)21(17)2/h3-9,20H,1-2H3. The number of aromatic nitrogens is 2. The van der Waals surface area contributed by atoms with E-state index in [2.05, 4.69) is 9.71 Å². The van der Waals surface area contributed by atoms with Gasteiger partial charge in [-0.15, -0.1) is 11.3 Å². The maximum Gasteiger partial charge on any atom is 0.296 e. The Morgan fingerprint density at radius 1 is 1.20 bits per heavy atom. The number of imidazole rings is 1. The SMILES string of the molecule is Cc1c(NS(=O)(=O)c2nc3cc(Cl)ccc3n2C)sc2ccccc12. The second kappa shape index (κ2) is 5.72. The van der Waals surface area contributed by atoms with Gasteiger partial charge < -0.3 is 4.57 Å². The average molecular weight is 392 g/mol. The summed E-state index contributed by atoms with van der Waals surface area (Å²) in [4.78, 5) is 4.26. The average Bonchev–Trinajstić information content (AvgIpc) is 3.06. The predicted molar refractivity (Wildman–Crippen MR) is 103 cm³/mol. The van der Waals surface area contributed by atoms with Crippen molar-refractivity contribution in [3.05, 3.63) is 53.1 Å². The van der Waals surface area contributed by atoms with Crippen LogP contribution in [-0.2, 0) is 17.1 Å². The van der Waals surface area contributed by atoms with Gasteiger partial charge in [-0.2, -0.15) is 8.42 Å². The number of hydrogen-bond donors (Lipinski definition) is 1. The fourth-order valence-corrected chi connectivity index (χ4v) is 5.62. The van der Waals surface area contributed by atoms with Crippen molar-refractivity contribution in [3.8, 4) is 0 Å². The summed E-state index contributed by atoms with van der Waals surface area (Å²) >= 11 is 7.39. The van der Waals surface area contributed by atoms with Gasteiger partial charge >= 0.3 is 0 Å². The molecule has 0 spiro atoms. The van der Waals surface area contributed by atoms with Crippen molar-refractivity contribution in [1.29, 1.82) is 0 Å². The molecular formula is C17H14ClN3O2S2. The number of rotatable bonds is 3. The zero-order valence-corrected chi connectivity index (χ0v) is 15.8. The molecule has 0 unspecified atom stereocenters. The lowest BCUT2D eigenvalue weighted by molar-refractivity contribution is 0.586. The number of nitrogens with one attached hydrogen (secondary N) is 1. The van der Waals surface area contributed by atoms with Crippen molar-refractivity contribution in [1.82, 2.24) is 9.55 Å². The molecule has 8 heteroatoms. The Hall–Kier alpha value is -2.09. The van der Waals surface area contributed by atoms with E-state index in [-0.39, 0.29) is 5.16 Å². The first-order valence-electron chi connectivity index (χ1n) is 7.50. The van der Waals surface area contributed by atoms with Gasteiger partial charge in [0.1, 0.15) is 5.00 Å². The van der Waals surface area contributed by atoms with Gasteiger partial charge in [-0.1, -0.05) is 29.8 Å². The van der Waals surface area contributed by atoms with Gasteiger partial charge in [-0.25, -0.2) is 4.98 Å². The first-order chi connectivity index (χ1) is 11.9. The maximum absolute atomic E-state index is 12.9. The predicted octanol–water partition coefficient (Wildman–Crippen LogP) is 4.55. The number of anilines is 1. The van der Waals surface area contributed by atoms with E-state index in [1.165, 1.54) is 11.3 Å². The van der Waals surface area contributed by atoms with E-state index < -0.39 is 10.0 Å². The number of sulfonamides is 1. The second-order valence-corrected chi connectivity index (χ2v) is 8.81. The molecule has 1 N–H and O–H groups in total. The molecule has 0 aliphatic heterocycles. The molecule has 5 nitrogen and oxygen atoms in total. The van der Waals surface area contributed by atoms with E-state index in [9.17, 15) is 8.42 Å². The summed E-state index contributed by atoms with van der Waals surface area (Å²) in [5.41, 5.74) is 2.16. The molecule has 2 aromatic carbocycles. The molecule has 0 saturated heterocycles. The van der Waals surface area contributed by atoms with Crippen LogP contribution < -0.4 is 4.72 Å². The molecule has 0 atom stereocenters. The van der Waals surface area contributed by atoms with E-state index in [1.807, 2.05) is 31.2 Å². The Kier molecular flexibility index (Phi) is 3.75. The number of fused-ring (bicyclic) bond motifs is 2. The zero-order chi connectivity index (χ0) is 17.8. The highest BCUT2D eigenvalue weighted by Crippen LogP contribution is 2.36. The van der Waals surface area contributed by atoms with Crippen LogP contribution in [0, 0.1) is 6.92 Å². The number of thiophene rings is 1. The van der Waals surface area contributed by atoms with Crippen molar-refractivity contribution in [3.63, 3.8) is 0 Å². The Morgan fingerprint density at radius 3 is 2.72 bits per heavy atom. The fraction of sp³-hybridized carbons (Fsp3) is 0.118. The van der Waals surface area contributed by atoms with Gasteiger partial charge in [0.25, 0.3) is 10.0 Å². The lowest BCUT2D eigenvalue weighted by Gasteiger charge is -2.07. The highest BCUT2D eigenvalue weighted by molar-refractivity contribution is 7.92. The molecule has 0 aliphatic carbocycles. The number of benzene rings is 2. The van der Waals surface area contributed by atoms with Crippen LogP contribution >= 0.6 is 22.9 Å². The van der Waals surface area contributed by atoms with Gasteiger partial charge in [-0.05, 0) is 42.1 Å². The Balaban J connectivity index is 1.81. The summed E-state index contributed by atoms with van der Waals surface area (Å²) in [6, 6.07) is 13.0. The van der Waals surface area contributed by atoms with Crippen LogP contribution in [0.2, 0.25) is 5.02 Å². The number of halogens is 1. The molecule has 2 heterocycles. The Labute approximate surface area is 153 Å². The zero-order valence-electron chi connectivity index (χ0n) is 13.4. The minimum atomic E-state index is -3.82. The van der Waals surface area contributed by atoms with Crippen LogP contribution in [0.3, 0.4) is 0 Å². The molecule has 0 fully saturated rings. The van der Waals surface area contributed by atoms with E-state index >= 15 is 0 Å². The molecule has 0 amide bonds. The smallest absolute Gasteiger partial charge is 0.296 e. The number of hydrogen-bond acceptors (Lipinski definition) is 4. The van der Waals surface area contributed by atoms with E-state index in [0.29, 0.717) is 21.1 Å². The largest absolute Gasteiger partial charge is 0.316 e. The molecule has 0 aliphatic rings. The van der Waals surface area contributed by atoms with E-state index in [0.717, 1.165) is 15.6 Å². The molecular weight excluding hydrogens is 378 g/mol. The van der Waals surface area contributed by atoms with Gasteiger partial charge in [0.2, 0.25) is 5.16 Å². The summed E-state index contributed by atoms with van der Waals surface area (Å²) < 4.78 is 31.0. The summed E-state index contributed by atoms with van der Waals surface area (Å²) in [6.45, 7) is 1.91. The van der Waals surface area contributed by atoms with Crippen LogP contribution in [-0.4, -0.2) is 18.0 Å². The molecule has 4 aromatic rings. The molecule has 0 radical (unpaired) electrons. The molecule has 25 heavy (non-hydrogen) atoms. The topological polar surface area (TPSA) is 64.0 Å². The van der Waals surface area contributed by atoms with Crippen LogP contribution in [0.15, 0.2) is 47.6 Å². The van der Waals surface area contributed by atoms with Crippen LogP contribution in [0.5, 0.6) is 0 Å². The minimum absolute atomic E-state index is 0.0402. The molecule has 2 aromatic heterocycles. The molecule has 128 valence electrons. The van der Waals surface area contributed by atoms with E-state index in [4.69, 9.17) is 11.6 Å². The summed E-state index contributed by atoms with van der Waals surface area (Å²) in [5, 5.41) is 2.12. The Bertz CT molecular complexity index is 1230. The monoisotopic (exact) mass is 391 g/mol. The first-order valence-corrected chi connectivity index (χ1v) is 10.2. The lowest BCUT2D eigenvalue weighted by Crippen LogP contribution is -2.17. The lowest BCUT2D eigenvalue weighted by atomic mass is 10.2. The summed E-state index contributed by atoms with van der Waals surface area (Å²) in [5.74, 6) is 0. The number of nitrogens with zero attached hydrogens (tertiary/aromatic N) is 2. The highest BCUT2D eigenvalue weighted by Gasteiger charge is 2.24. The van der Waals surface area contributed by atoms with Gasteiger partial charge in [0, 0.05) is 16.8 Å². The third-order valence-electron chi connectivity index (χ3n) is 4.11. The second-order valence-electron chi connectivity index (χ2n) is 5.74. The quantitative estimate of drug-likeness (QED) is 0.557. The van der Waals surface area contributed by atoms with Crippen molar-refractivity contribution >= 4 is 59.1 Å². The molecule has 4 rings (SSSR count).